The molecule has 0 bridgehead atoms. The molecule has 3 N–H and O–H groups in total. The largest absolute Gasteiger partial charge is 0.480 e. The highest BCUT2D eigenvalue weighted by molar-refractivity contribution is 5.87. The van der Waals surface area contributed by atoms with E-state index in [0.717, 1.165) is 19.4 Å². The molecule has 2 unspecified atom stereocenters. The van der Waals surface area contributed by atoms with Crippen LogP contribution in [0.25, 0.3) is 0 Å². The fourth-order valence-electron chi connectivity index (χ4n) is 2.46. The molecule has 0 aromatic carbocycles. The summed E-state index contributed by atoms with van der Waals surface area (Å²) in [7, 11) is 1.24. The minimum atomic E-state index is -1.14. The van der Waals surface area contributed by atoms with E-state index in [-0.39, 0.29) is 24.8 Å². The van der Waals surface area contributed by atoms with Gasteiger partial charge in [0.05, 0.1) is 13.2 Å². The molecule has 0 aromatic heterocycles. The summed E-state index contributed by atoms with van der Waals surface area (Å²) in [6.45, 7) is 2.85. The highest BCUT2D eigenvalue weighted by Gasteiger charge is 2.29. The lowest BCUT2D eigenvalue weighted by atomic mass is 9.90. The Labute approximate surface area is 124 Å². The van der Waals surface area contributed by atoms with E-state index in [9.17, 15) is 14.4 Å². The van der Waals surface area contributed by atoms with Crippen LogP contribution in [0, 0.1) is 5.92 Å². The molecule has 1 fully saturated rings. The standard InChI is InChI=1S/C14H24N2O5/c1-3-9-6-7-15-11(8-9)13(18)16-10(14(19)20)4-5-12(17)21-2/h9-11,15H,3-8H2,1-2H3,(H,16,18)(H,19,20)/t9?,10-,11?/m1/s1. The number of aliphatic carboxylic acids is 1. The lowest BCUT2D eigenvalue weighted by Gasteiger charge is -2.29. The van der Waals surface area contributed by atoms with Gasteiger partial charge in [-0.2, -0.15) is 0 Å². The van der Waals surface area contributed by atoms with Gasteiger partial charge in [0.1, 0.15) is 6.04 Å². The van der Waals surface area contributed by atoms with Crippen LogP contribution in [0.5, 0.6) is 0 Å². The van der Waals surface area contributed by atoms with Crippen molar-refractivity contribution in [2.45, 2.75) is 51.1 Å². The van der Waals surface area contributed by atoms with Crippen LogP contribution < -0.4 is 10.6 Å². The fraction of sp³-hybridized carbons (Fsp3) is 0.786. The number of methoxy groups -OCH3 is 1. The molecule has 0 saturated carbocycles. The Hall–Kier alpha value is -1.63. The second-order valence-corrected chi connectivity index (χ2v) is 5.32. The van der Waals surface area contributed by atoms with Crippen molar-refractivity contribution in [2.75, 3.05) is 13.7 Å². The summed E-state index contributed by atoms with van der Waals surface area (Å²) in [5.74, 6) is -1.46. The van der Waals surface area contributed by atoms with Crippen LogP contribution in [0.1, 0.15) is 39.0 Å². The number of rotatable bonds is 7. The average molecular weight is 300 g/mol. The van der Waals surface area contributed by atoms with Gasteiger partial charge in [-0.25, -0.2) is 4.79 Å². The lowest BCUT2D eigenvalue weighted by Crippen LogP contribution is -2.52. The SMILES string of the molecule is CCC1CCNC(C(=O)N[C@H](CCC(=O)OC)C(=O)O)C1. The minimum Gasteiger partial charge on any atom is -0.480 e. The Morgan fingerprint density at radius 1 is 1.43 bits per heavy atom. The predicted octanol–water partition coefficient (Wildman–Crippen LogP) is 0.287. The average Bonchev–Trinajstić information content (AvgIpc) is 2.50. The van der Waals surface area contributed by atoms with Crippen LogP contribution in [0.3, 0.4) is 0 Å². The van der Waals surface area contributed by atoms with Crippen molar-refractivity contribution >= 4 is 17.8 Å². The zero-order chi connectivity index (χ0) is 15.8. The molecular formula is C14H24N2O5. The third-order valence-corrected chi connectivity index (χ3v) is 3.89. The van der Waals surface area contributed by atoms with Crippen molar-refractivity contribution in [2.24, 2.45) is 5.92 Å². The first-order valence-corrected chi connectivity index (χ1v) is 7.31. The van der Waals surface area contributed by atoms with Gasteiger partial charge in [-0.3, -0.25) is 9.59 Å². The number of nitrogens with one attached hydrogen (secondary N) is 2. The second-order valence-electron chi connectivity index (χ2n) is 5.32. The van der Waals surface area contributed by atoms with Crippen molar-refractivity contribution in [1.82, 2.24) is 10.6 Å². The van der Waals surface area contributed by atoms with E-state index in [4.69, 9.17) is 5.11 Å². The maximum absolute atomic E-state index is 12.1. The number of carboxylic acid groups (broad SMARTS) is 1. The third-order valence-electron chi connectivity index (χ3n) is 3.89. The molecule has 7 nitrogen and oxygen atoms in total. The first-order valence-electron chi connectivity index (χ1n) is 7.31. The number of carbonyl (C=O) groups is 3. The number of esters is 1. The zero-order valence-corrected chi connectivity index (χ0v) is 12.6. The van der Waals surface area contributed by atoms with Gasteiger partial charge in [-0.05, 0) is 31.7 Å². The Balaban J connectivity index is 2.51. The van der Waals surface area contributed by atoms with E-state index in [1.807, 2.05) is 0 Å². The predicted molar refractivity (Wildman–Crippen MR) is 75.6 cm³/mol. The number of hydrogen-bond acceptors (Lipinski definition) is 5. The van der Waals surface area contributed by atoms with Crippen LogP contribution in [0.4, 0.5) is 0 Å². The Bertz CT molecular complexity index is 386. The normalized spacial score (nSPS) is 23.1. The lowest BCUT2D eigenvalue weighted by molar-refractivity contribution is -0.144. The number of amides is 1. The van der Waals surface area contributed by atoms with E-state index in [1.54, 1.807) is 0 Å². The molecule has 3 atom stereocenters. The summed E-state index contributed by atoms with van der Waals surface area (Å²) in [6, 6.07) is -1.43. The van der Waals surface area contributed by atoms with Crippen LogP contribution in [-0.2, 0) is 19.1 Å². The molecule has 1 amide bonds. The van der Waals surface area contributed by atoms with Crippen molar-refractivity contribution < 1.29 is 24.2 Å². The van der Waals surface area contributed by atoms with Crippen molar-refractivity contribution in [3.8, 4) is 0 Å². The molecule has 21 heavy (non-hydrogen) atoms. The smallest absolute Gasteiger partial charge is 0.326 e. The highest BCUT2D eigenvalue weighted by atomic mass is 16.5. The van der Waals surface area contributed by atoms with Crippen molar-refractivity contribution in [1.29, 1.82) is 0 Å². The molecule has 0 spiro atoms. The van der Waals surface area contributed by atoms with Crippen LogP contribution in [-0.4, -0.2) is 48.7 Å². The molecule has 7 heteroatoms. The molecule has 120 valence electrons. The Morgan fingerprint density at radius 3 is 2.71 bits per heavy atom. The van der Waals surface area contributed by atoms with Gasteiger partial charge in [0, 0.05) is 6.42 Å². The van der Waals surface area contributed by atoms with Gasteiger partial charge in [-0.1, -0.05) is 13.3 Å². The van der Waals surface area contributed by atoms with Crippen molar-refractivity contribution in [3.63, 3.8) is 0 Å². The van der Waals surface area contributed by atoms with Gasteiger partial charge < -0.3 is 20.5 Å². The van der Waals surface area contributed by atoms with Gasteiger partial charge >= 0.3 is 11.9 Å². The number of carboxylic acids is 1. The number of piperidine rings is 1. The fourth-order valence-corrected chi connectivity index (χ4v) is 2.46. The summed E-state index contributed by atoms with van der Waals surface area (Å²) < 4.78 is 4.47. The van der Waals surface area contributed by atoms with E-state index in [1.165, 1.54) is 7.11 Å². The molecule has 1 aliphatic heterocycles. The quantitative estimate of drug-likeness (QED) is 0.584. The summed E-state index contributed by atoms with van der Waals surface area (Å²) in [5.41, 5.74) is 0. The summed E-state index contributed by atoms with van der Waals surface area (Å²) >= 11 is 0. The van der Waals surface area contributed by atoms with Crippen LogP contribution in [0.2, 0.25) is 0 Å². The summed E-state index contributed by atoms with van der Waals surface area (Å²) in [5, 5.41) is 14.7. The van der Waals surface area contributed by atoms with Gasteiger partial charge in [0.25, 0.3) is 0 Å². The Morgan fingerprint density at radius 2 is 2.14 bits per heavy atom. The van der Waals surface area contributed by atoms with Gasteiger partial charge in [-0.15, -0.1) is 0 Å². The van der Waals surface area contributed by atoms with Gasteiger partial charge in [0.15, 0.2) is 0 Å². The number of carbonyl (C=O) groups excluding carboxylic acids is 2. The number of ether oxygens (including phenoxy) is 1. The molecule has 0 aromatic rings. The molecule has 1 aliphatic rings. The monoisotopic (exact) mass is 300 g/mol. The molecule has 1 saturated heterocycles. The third kappa shape index (κ3) is 5.71. The van der Waals surface area contributed by atoms with E-state index in [2.05, 4.69) is 22.3 Å². The first-order chi connectivity index (χ1) is 9.97. The van der Waals surface area contributed by atoms with Gasteiger partial charge in [0.2, 0.25) is 5.91 Å². The molecule has 1 heterocycles. The Kier molecular flexibility index (Phi) is 7.14. The number of hydrogen-bond donors (Lipinski definition) is 3. The summed E-state index contributed by atoms with van der Waals surface area (Å²) in [4.78, 5) is 34.4. The van der Waals surface area contributed by atoms with E-state index >= 15 is 0 Å². The van der Waals surface area contributed by atoms with E-state index in [0.29, 0.717) is 12.3 Å². The minimum absolute atomic E-state index is 0.0255. The van der Waals surface area contributed by atoms with E-state index < -0.39 is 18.0 Å². The molecular weight excluding hydrogens is 276 g/mol. The summed E-state index contributed by atoms with van der Waals surface area (Å²) in [6.07, 6.45) is 2.74. The second kappa shape index (κ2) is 8.61. The maximum Gasteiger partial charge on any atom is 0.326 e. The maximum atomic E-state index is 12.1. The van der Waals surface area contributed by atoms with Crippen molar-refractivity contribution in [3.05, 3.63) is 0 Å². The zero-order valence-electron chi connectivity index (χ0n) is 12.6. The topological polar surface area (TPSA) is 105 Å². The van der Waals surface area contributed by atoms with Crippen LogP contribution >= 0.6 is 0 Å². The highest BCUT2D eigenvalue weighted by Crippen LogP contribution is 2.19. The molecule has 0 aliphatic carbocycles. The van der Waals surface area contributed by atoms with Crippen LogP contribution in [0.15, 0.2) is 0 Å². The molecule has 0 radical (unpaired) electrons. The molecule has 1 rings (SSSR count). The first kappa shape index (κ1) is 17.4.